The van der Waals surface area contributed by atoms with Crippen LogP contribution in [0.15, 0.2) is 115 Å². The molecule has 0 fully saturated rings. The van der Waals surface area contributed by atoms with Crippen molar-refractivity contribution < 1.29 is 14.3 Å². The van der Waals surface area contributed by atoms with Crippen LogP contribution in [-0.4, -0.2) is 23.7 Å². The minimum atomic E-state index is -0.877. The molecular formula is C30H27NO3S. The summed E-state index contributed by atoms with van der Waals surface area (Å²) < 4.78 is 5.55. The van der Waals surface area contributed by atoms with Gasteiger partial charge in [-0.2, -0.15) is 12.6 Å². The maximum Gasteiger partial charge on any atom is 0.335 e. The van der Waals surface area contributed by atoms with Gasteiger partial charge in [-0.05, 0) is 41.0 Å². The first-order chi connectivity index (χ1) is 17.1. The van der Waals surface area contributed by atoms with Gasteiger partial charge < -0.3 is 4.74 Å². The zero-order chi connectivity index (χ0) is 24.6. The summed E-state index contributed by atoms with van der Waals surface area (Å²) in [6, 6.07) is 36.2. The number of thiol groups is 1. The predicted molar refractivity (Wildman–Crippen MR) is 143 cm³/mol. The smallest absolute Gasteiger partial charge is 0.335 e. The summed E-state index contributed by atoms with van der Waals surface area (Å²) in [6.45, 7) is 1.45. The highest BCUT2D eigenvalue weighted by Crippen LogP contribution is 2.34. The summed E-state index contributed by atoms with van der Waals surface area (Å²) in [6.07, 6.45) is 0. The zero-order valence-electron chi connectivity index (χ0n) is 19.5. The third-order valence-corrected chi connectivity index (χ3v) is 6.15. The Labute approximate surface area is 211 Å². The molecule has 176 valence electrons. The molecule has 1 amide bonds. The van der Waals surface area contributed by atoms with Crippen molar-refractivity contribution in [2.45, 2.75) is 18.9 Å². The monoisotopic (exact) mass is 481 g/mol. The molecule has 0 unspecified atom stereocenters. The van der Waals surface area contributed by atoms with E-state index in [4.69, 9.17) is 4.74 Å². The lowest BCUT2D eigenvalue weighted by atomic mass is 9.85. The summed E-state index contributed by atoms with van der Waals surface area (Å²) in [5.74, 6) is -0.278. The topological polar surface area (TPSA) is 46.6 Å². The Hall–Kier alpha value is -3.83. The third kappa shape index (κ3) is 5.81. The molecule has 4 aromatic carbocycles. The average molecular weight is 482 g/mol. The van der Waals surface area contributed by atoms with E-state index in [9.17, 15) is 9.59 Å². The standard InChI is InChI=1S/C30H27NO3S/c1-22(32)31(28(21-35)30(33)34-27-18-9-4-10-19-27)26-17-11-16-25(20-26)29(23-12-5-2-6-13-23)24-14-7-3-8-15-24/h2-20,28-29,35H,21H2,1H3/t28-/m0/s1. The van der Waals surface area contributed by atoms with Gasteiger partial charge in [-0.15, -0.1) is 0 Å². The lowest BCUT2D eigenvalue weighted by Gasteiger charge is -2.29. The van der Waals surface area contributed by atoms with E-state index < -0.39 is 12.0 Å². The molecule has 0 heterocycles. The highest BCUT2D eigenvalue weighted by atomic mass is 32.1. The van der Waals surface area contributed by atoms with Crippen molar-refractivity contribution in [1.82, 2.24) is 0 Å². The number of carbonyl (C=O) groups excluding carboxylic acids is 2. The number of anilines is 1. The molecule has 5 heteroatoms. The van der Waals surface area contributed by atoms with Crippen LogP contribution in [0.1, 0.15) is 29.5 Å². The molecule has 0 N–H and O–H groups in total. The second-order valence-corrected chi connectivity index (χ2v) is 8.54. The summed E-state index contributed by atoms with van der Waals surface area (Å²) in [5.41, 5.74) is 3.91. The van der Waals surface area contributed by atoms with Gasteiger partial charge in [0.2, 0.25) is 5.91 Å². The summed E-state index contributed by atoms with van der Waals surface area (Å²) >= 11 is 4.39. The number of nitrogens with zero attached hydrogens (tertiary/aromatic N) is 1. The summed E-state index contributed by atoms with van der Waals surface area (Å²) in [7, 11) is 0. The van der Waals surface area contributed by atoms with Gasteiger partial charge in [0.15, 0.2) is 0 Å². The van der Waals surface area contributed by atoms with Crippen LogP contribution in [0.4, 0.5) is 5.69 Å². The molecule has 4 aromatic rings. The maximum atomic E-state index is 13.1. The molecule has 0 bridgehead atoms. The fourth-order valence-corrected chi connectivity index (χ4v) is 4.55. The molecule has 0 aliphatic carbocycles. The predicted octanol–water partition coefficient (Wildman–Crippen LogP) is 6.12. The second kappa shape index (κ2) is 11.5. The molecule has 0 aliphatic rings. The molecule has 0 aliphatic heterocycles. The van der Waals surface area contributed by atoms with Crippen LogP contribution >= 0.6 is 12.6 Å². The first-order valence-electron chi connectivity index (χ1n) is 11.5. The molecule has 35 heavy (non-hydrogen) atoms. The Bertz CT molecular complexity index is 1220. The lowest BCUT2D eigenvalue weighted by Crippen LogP contribution is -2.47. The molecule has 1 atom stereocenters. The Morgan fingerprint density at radius 1 is 0.743 bits per heavy atom. The minimum Gasteiger partial charge on any atom is -0.425 e. The molecule has 0 radical (unpaired) electrons. The Morgan fingerprint density at radius 2 is 1.26 bits per heavy atom. The molecule has 4 rings (SSSR count). The van der Waals surface area contributed by atoms with Gasteiger partial charge in [0, 0.05) is 24.3 Å². The maximum absolute atomic E-state index is 13.1. The first kappa shape index (κ1) is 24.3. The minimum absolute atomic E-state index is 0.0307. The normalized spacial score (nSPS) is 11.6. The van der Waals surface area contributed by atoms with Crippen molar-refractivity contribution in [2.75, 3.05) is 10.7 Å². The fourth-order valence-electron chi connectivity index (χ4n) is 4.24. The molecular weight excluding hydrogens is 454 g/mol. The van der Waals surface area contributed by atoms with Crippen LogP contribution in [0.2, 0.25) is 0 Å². The SMILES string of the molecule is CC(=O)N(c1cccc(C(c2ccccc2)c2ccccc2)c1)[C@@H](CS)C(=O)Oc1ccccc1. The molecule has 0 saturated heterocycles. The van der Waals surface area contributed by atoms with E-state index in [1.807, 2.05) is 66.7 Å². The lowest BCUT2D eigenvalue weighted by molar-refractivity contribution is -0.136. The average Bonchev–Trinajstić information content (AvgIpc) is 2.89. The molecule has 0 saturated carbocycles. The fraction of sp³-hybridized carbons (Fsp3) is 0.133. The second-order valence-electron chi connectivity index (χ2n) is 8.17. The number of ether oxygens (including phenoxy) is 1. The largest absolute Gasteiger partial charge is 0.425 e. The highest BCUT2D eigenvalue weighted by molar-refractivity contribution is 7.80. The van der Waals surface area contributed by atoms with Gasteiger partial charge in [-0.1, -0.05) is 91.0 Å². The number of hydrogen-bond acceptors (Lipinski definition) is 4. The number of para-hydroxylation sites is 1. The van der Waals surface area contributed by atoms with E-state index >= 15 is 0 Å². The molecule has 4 nitrogen and oxygen atoms in total. The number of benzene rings is 4. The van der Waals surface area contributed by atoms with Gasteiger partial charge in [-0.3, -0.25) is 9.69 Å². The van der Waals surface area contributed by atoms with Crippen molar-refractivity contribution in [1.29, 1.82) is 0 Å². The number of carbonyl (C=O) groups is 2. The number of esters is 1. The van der Waals surface area contributed by atoms with Crippen molar-refractivity contribution in [3.63, 3.8) is 0 Å². The van der Waals surface area contributed by atoms with E-state index in [-0.39, 0.29) is 17.6 Å². The van der Waals surface area contributed by atoms with Crippen LogP contribution < -0.4 is 9.64 Å². The number of amides is 1. The zero-order valence-corrected chi connectivity index (χ0v) is 20.3. The first-order valence-corrected chi connectivity index (χ1v) is 12.1. The van der Waals surface area contributed by atoms with Gasteiger partial charge >= 0.3 is 5.97 Å². The molecule has 0 spiro atoms. The van der Waals surface area contributed by atoms with E-state index in [1.54, 1.807) is 24.3 Å². The van der Waals surface area contributed by atoms with E-state index in [1.165, 1.54) is 11.8 Å². The van der Waals surface area contributed by atoms with E-state index in [0.29, 0.717) is 11.4 Å². The van der Waals surface area contributed by atoms with Crippen molar-refractivity contribution in [3.8, 4) is 5.75 Å². The molecule has 0 aromatic heterocycles. The Kier molecular flexibility index (Phi) is 8.01. The van der Waals surface area contributed by atoms with Gasteiger partial charge in [0.05, 0.1) is 0 Å². The van der Waals surface area contributed by atoms with Gasteiger partial charge in [-0.25, -0.2) is 4.79 Å². The third-order valence-electron chi connectivity index (χ3n) is 5.81. The van der Waals surface area contributed by atoms with Crippen LogP contribution in [-0.2, 0) is 9.59 Å². The Morgan fingerprint density at radius 3 is 1.77 bits per heavy atom. The summed E-state index contributed by atoms with van der Waals surface area (Å²) in [5, 5.41) is 0. The van der Waals surface area contributed by atoms with Gasteiger partial charge in [0.1, 0.15) is 11.8 Å². The quantitative estimate of drug-likeness (QED) is 0.143. The Balaban J connectivity index is 1.72. The van der Waals surface area contributed by atoms with Crippen molar-refractivity contribution in [2.24, 2.45) is 0 Å². The van der Waals surface area contributed by atoms with Crippen LogP contribution in [0.25, 0.3) is 0 Å². The van der Waals surface area contributed by atoms with Crippen molar-refractivity contribution in [3.05, 3.63) is 132 Å². The highest BCUT2D eigenvalue weighted by Gasteiger charge is 2.30. The van der Waals surface area contributed by atoms with Crippen molar-refractivity contribution >= 4 is 30.2 Å². The van der Waals surface area contributed by atoms with E-state index in [2.05, 4.69) is 36.9 Å². The van der Waals surface area contributed by atoms with Gasteiger partial charge in [0.25, 0.3) is 0 Å². The van der Waals surface area contributed by atoms with Crippen LogP contribution in [0.3, 0.4) is 0 Å². The number of rotatable bonds is 8. The summed E-state index contributed by atoms with van der Waals surface area (Å²) in [4.78, 5) is 27.3. The van der Waals surface area contributed by atoms with Crippen LogP contribution in [0.5, 0.6) is 5.75 Å². The number of hydrogen-bond donors (Lipinski definition) is 1. The van der Waals surface area contributed by atoms with E-state index in [0.717, 1.165) is 16.7 Å². The van der Waals surface area contributed by atoms with Crippen LogP contribution in [0, 0.1) is 0 Å².